The fourth-order valence-corrected chi connectivity index (χ4v) is 2.57. The van der Waals surface area contributed by atoms with Crippen LogP contribution in [0.4, 0.5) is 0 Å². The zero-order valence-corrected chi connectivity index (χ0v) is 13.6. The molecule has 0 N–H and O–H groups in total. The van der Waals surface area contributed by atoms with Gasteiger partial charge in [-0.15, -0.1) is 0 Å². The van der Waals surface area contributed by atoms with Crippen LogP contribution in [0.15, 0.2) is 35.2 Å². The van der Waals surface area contributed by atoms with Gasteiger partial charge in [0.05, 0.1) is 6.20 Å². The van der Waals surface area contributed by atoms with Gasteiger partial charge in [0.25, 0.3) is 0 Å². The maximum atomic E-state index is 6.03. The number of hydrogen-bond acceptors (Lipinski definition) is 4. The molecule has 0 fully saturated rings. The molecule has 0 bridgehead atoms. The van der Waals surface area contributed by atoms with Gasteiger partial charge in [-0.05, 0) is 29.7 Å². The summed E-state index contributed by atoms with van der Waals surface area (Å²) in [7, 11) is 1.85. The molecule has 0 atom stereocenters. The lowest BCUT2D eigenvalue weighted by atomic mass is 10.0. The molecule has 0 unspecified atom stereocenters. The smallest absolute Gasteiger partial charge is 0.233 e. The number of aryl methyl sites for hydroxylation is 1. The van der Waals surface area contributed by atoms with E-state index in [0.29, 0.717) is 11.8 Å². The first-order valence-electron chi connectivity index (χ1n) is 6.66. The Balaban J connectivity index is 2.07. The molecule has 0 spiro atoms. The van der Waals surface area contributed by atoms with Crippen molar-refractivity contribution in [1.82, 2.24) is 19.7 Å². The summed E-state index contributed by atoms with van der Waals surface area (Å²) in [4.78, 5) is 8.46. The van der Waals surface area contributed by atoms with Gasteiger partial charge in [-0.1, -0.05) is 29.8 Å². The van der Waals surface area contributed by atoms with Crippen molar-refractivity contribution >= 4 is 27.0 Å². The Bertz CT molecular complexity index is 797. The maximum Gasteiger partial charge on any atom is 0.233 e. The van der Waals surface area contributed by atoms with E-state index in [1.54, 1.807) is 10.9 Å². The van der Waals surface area contributed by atoms with E-state index in [-0.39, 0.29) is 0 Å². The first kappa shape index (κ1) is 14.0. The van der Waals surface area contributed by atoms with Crippen molar-refractivity contribution in [3.8, 4) is 11.6 Å². The third-order valence-electron chi connectivity index (χ3n) is 3.29. The predicted octanol–water partition coefficient (Wildman–Crippen LogP) is 4.04. The highest BCUT2D eigenvalue weighted by Gasteiger charge is 2.14. The van der Waals surface area contributed by atoms with Crippen LogP contribution in [0.2, 0.25) is 0 Å². The lowest BCUT2D eigenvalue weighted by molar-refractivity contribution is 0.459. The van der Waals surface area contributed by atoms with Gasteiger partial charge in [0.1, 0.15) is 17.5 Å². The molecule has 6 heteroatoms. The molecular weight excluding hydrogens is 332 g/mol. The third kappa shape index (κ3) is 2.63. The number of aromatic nitrogens is 4. The van der Waals surface area contributed by atoms with Gasteiger partial charge in [0.2, 0.25) is 5.88 Å². The van der Waals surface area contributed by atoms with Crippen LogP contribution in [-0.2, 0) is 7.05 Å². The molecule has 3 aromatic rings. The molecule has 0 aliphatic carbocycles. The summed E-state index contributed by atoms with van der Waals surface area (Å²) < 4.78 is 8.77. The Kier molecular flexibility index (Phi) is 3.63. The molecule has 2 heterocycles. The molecule has 108 valence electrons. The average molecular weight is 347 g/mol. The molecule has 2 aromatic heterocycles. The number of fused-ring (bicyclic) bond motifs is 1. The van der Waals surface area contributed by atoms with Crippen LogP contribution in [0.5, 0.6) is 11.6 Å². The fourth-order valence-electron chi connectivity index (χ4n) is 2.19. The second-order valence-electron chi connectivity index (χ2n) is 5.12. The number of benzene rings is 1. The van der Waals surface area contributed by atoms with E-state index >= 15 is 0 Å². The summed E-state index contributed by atoms with van der Waals surface area (Å²) in [6.45, 7) is 4.27. The minimum Gasteiger partial charge on any atom is -0.438 e. The highest BCUT2D eigenvalue weighted by Crippen LogP contribution is 2.34. The van der Waals surface area contributed by atoms with Crippen LogP contribution in [0.25, 0.3) is 11.0 Å². The Morgan fingerprint density at radius 2 is 2.05 bits per heavy atom. The Hall–Kier alpha value is -1.95. The normalized spacial score (nSPS) is 11.3. The van der Waals surface area contributed by atoms with Crippen molar-refractivity contribution < 1.29 is 4.74 Å². The predicted molar refractivity (Wildman–Crippen MR) is 84.6 cm³/mol. The maximum absolute atomic E-state index is 6.03. The Labute approximate surface area is 131 Å². The van der Waals surface area contributed by atoms with Crippen LogP contribution in [0.1, 0.15) is 25.3 Å². The molecule has 0 radical (unpaired) electrons. The highest BCUT2D eigenvalue weighted by atomic mass is 79.9. The van der Waals surface area contributed by atoms with Gasteiger partial charge in [-0.2, -0.15) is 5.10 Å². The zero-order chi connectivity index (χ0) is 15.0. The van der Waals surface area contributed by atoms with Crippen LogP contribution in [-0.4, -0.2) is 19.7 Å². The van der Waals surface area contributed by atoms with Crippen LogP contribution < -0.4 is 4.74 Å². The van der Waals surface area contributed by atoms with Crippen LogP contribution in [0, 0.1) is 0 Å². The average Bonchev–Trinajstić information content (AvgIpc) is 2.83. The Morgan fingerprint density at radius 3 is 2.81 bits per heavy atom. The van der Waals surface area contributed by atoms with Crippen molar-refractivity contribution in [3.05, 3.63) is 40.8 Å². The second-order valence-corrected chi connectivity index (χ2v) is 6.04. The topological polar surface area (TPSA) is 52.8 Å². The third-order valence-corrected chi connectivity index (χ3v) is 3.79. The number of halogens is 1. The summed E-state index contributed by atoms with van der Waals surface area (Å²) in [5.41, 5.74) is 1.88. The minimum absolute atomic E-state index is 0.351. The molecule has 0 saturated heterocycles. The van der Waals surface area contributed by atoms with Gasteiger partial charge < -0.3 is 4.74 Å². The standard InChI is InChI=1S/C15H15BrN4O/c1-9(2)11-6-10(16)4-5-13(11)21-15-12-7-19-20(3)14(12)17-8-18-15/h4-9H,1-3H3. The highest BCUT2D eigenvalue weighted by molar-refractivity contribution is 9.10. The van der Waals surface area contributed by atoms with Crippen molar-refractivity contribution in [1.29, 1.82) is 0 Å². The van der Waals surface area contributed by atoms with E-state index in [9.17, 15) is 0 Å². The van der Waals surface area contributed by atoms with Crippen molar-refractivity contribution in [2.45, 2.75) is 19.8 Å². The molecule has 0 amide bonds. The van der Waals surface area contributed by atoms with E-state index in [1.807, 2.05) is 19.2 Å². The molecule has 0 aliphatic rings. The molecular formula is C15H15BrN4O. The van der Waals surface area contributed by atoms with E-state index in [1.165, 1.54) is 6.33 Å². The van der Waals surface area contributed by atoms with E-state index < -0.39 is 0 Å². The van der Waals surface area contributed by atoms with Gasteiger partial charge in [-0.25, -0.2) is 9.97 Å². The number of nitrogens with zero attached hydrogens (tertiary/aromatic N) is 4. The van der Waals surface area contributed by atoms with Crippen molar-refractivity contribution in [2.24, 2.45) is 7.05 Å². The number of rotatable bonds is 3. The summed E-state index contributed by atoms with van der Waals surface area (Å²) in [6, 6.07) is 5.98. The molecule has 1 aromatic carbocycles. The SMILES string of the molecule is CC(C)c1cc(Br)ccc1Oc1ncnc2c1cnn2C. The lowest BCUT2D eigenvalue weighted by Crippen LogP contribution is -1.97. The number of hydrogen-bond donors (Lipinski definition) is 0. The van der Waals surface area contributed by atoms with E-state index in [2.05, 4.69) is 50.9 Å². The minimum atomic E-state index is 0.351. The zero-order valence-electron chi connectivity index (χ0n) is 12.0. The van der Waals surface area contributed by atoms with Crippen LogP contribution >= 0.6 is 15.9 Å². The summed E-state index contributed by atoms with van der Waals surface area (Å²) in [5.74, 6) is 1.68. The first-order valence-corrected chi connectivity index (χ1v) is 7.45. The van der Waals surface area contributed by atoms with Gasteiger partial charge >= 0.3 is 0 Å². The molecule has 5 nitrogen and oxygen atoms in total. The quantitative estimate of drug-likeness (QED) is 0.718. The number of ether oxygens (including phenoxy) is 1. The fraction of sp³-hybridized carbons (Fsp3) is 0.267. The molecule has 0 saturated carbocycles. The van der Waals surface area contributed by atoms with Gasteiger partial charge in [0.15, 0.2) is 5.65 Å². The Morgan fingerprint density at radius 1 is 1.24 bits per heavy atom. The van der Waals surface area contributed by atoms with Crippen molar-refractivity contribution in [2.75, 3.05) is 0 Å². The largest absolute Gasteiger partial charge is 0.438 e. The molecule has 3 rings (SSSR count). The van der Waals surface area contributed by atoms with Crippen molar-refractivity contribution in [3.63, 3.8) is 0 Å². The molecule has 21 heavy (non-hydrogen) atoms. The van der Waals surface area contributed by atoms with E-state index in [0.717, 1.165) is 26.8 Å². The lowest BCUT2D eigenvalue weighted by Gasteiger charge is -2.13. The summed E-state index contributed by atoms with van der Waals surface area (Å²) in [5, 5.41) is 5.00. The van der Waals surface area contributed by atoms with Crippen LogP contribution in [0.3, 0.4) is 0 Å². The van der Waals surface area contributed by atoms with Gasteiger partial charge in [0, 0.05) is 11.5 Å². The van der Waals surface area contributed by atoms with Gasteiger partial charge in [-0.3, -0.25) is 4.68 Å². The first-order chi connectivity index (χ1) is 10.1. The summed E-state index contributed by atoms with van der Waals surface area (Å²) >= 11 is 3.50. The van der Waals surface area contributed by atoms with E-state index in [4.69, 9.17) is 4.74 Å². The monoisotopic (exact) mass is 346 g/mol. The molecule has 0 aliphatic heterocycles. The second kappa shape index (κ2) is 5.44. The summed E-state index contributed by atoms with van der Waals surface area (Å²) in [6.07, 6.45) is 3.21.